The first-order valence-corrected chi connectivity index (χ1v) is 9.16. The number of amides is 1. The number of nitriles is 1. The third kappa shape index (κ3) is 3.91. The molecular formula is C16H14BrFN4O2S. The number of carbonyl (C=O) groups excluding carboxylic acids is 1. The van der Waals surface area contributed by atoms with Crippen LogP contribution in [-0.2, 0) is 4.74 Å². The van der Waals surface area contributed by atoms with Crippen molar-refractivity contribution in [1.29, 1.82) is 5.26 Å². The molecule has 1 saturated heterocycles. The first kappa shape index (κ1) is 17.6. The van der Waals surface area contributed by atoms with Crippen LogP contribution < -0.4 is 10.6 Å². The van der Waals surface area contributed by atoms with Gasteiger partial charge in [0.2, 0.25) is 0 Å². The Balaban J connectivity index is 1.76. The van der Waals surface area contributed by atoms with E-state index in [9.17, 15) is 9.18 Å². The fourth-order valence-corrected chi connectivity index (χ4v) is 4.31. The highest BCUT2D eigenvalue weighted by molar-refractivity contribution is 9.11. The zero-order valence-electron chi connectivity index (χ0n) is 13.0. The standard InChI is InChI=1S/C16H14BrFN4O2S/c17-14-13(9-1-2-10(8-19)12(18)7-9)21-16(25-14)22-5-3-11(4-6-22)24-15(20)23/h1-2,7,11H,3-6H2,(H2,20,23). The van der Waals surface area contributed by atoms with E-state index in [0.29, 0.717) is 37.2 Å². The van der Waals surface area contributed by atoms with E-state index in [4.69, 9.17) is 15.7 Å². The van der Waals surface area contributed by atoms with Crippen molar-refractivity contribution >= 4 is 38.5 Å². The Morgan fingerprint density at radius 1 is 1.48 bits per heavy atom. The number of hydrogen-bond acceptors (Lipinski definition) is 6. The second kappa shape index (κ2) is 7.37. The number of halogens is 2. The molecule has 0 spiro atoms. The maximum Gasteiger partial charge on any atom is 0.404 e. The molecule has 0 unspecified atom stereocenters. The number of nitrogens with zero attached hydrogens (tertiary/aromatic N) is 3. The molecule has 1 aliphatic heterocycles. The summed E-state index contributed by atoms with van der Waals surface area (Å²) in [7, 11) is 0. The van der Waals surface area contributed by atoms with Gasteiger partial charge in [0, 0.05) is 31.5 Å². The topological polar surface area (TPSA) is 92.2 Å². The molecule has 1 aliphatic rings. The molecule has 0 radical (unpaired) electrons. The highest BCUT2D eigenvalue weighted by atomic mass is 79.9. The second-order valence-electron chi connectivity index (χ2n) is 5.55. The van der Waals surface area contributed by atoms with Gasteiger partial charge in [-0.05, 0) is 28.1 Å². The van der Waals surface area contributed by atoms with Gasteiger partial charge in [-0.25, -0.2) is 14.2 Å². The molecule has 0 bridgehead atoms. The summed E-state index contributed by atoms with van der Waals surface area (Å²) in [6.07, 6.45) is 0.451. The lowest BCUT2D eigenvalue weighted by Crippen LogP contribution is -2.38. The van der Waals surface area contributed by atoms with Crippen LogP contribution in [0.4, 0.5) is 14.3 Å². The van der Waals surface area contributed by atoms with Crippen LogP contribution in [0.15, 0.2) is 22.0 Å². The highest BCUT2D eigenvalue weighted by Crippen LogP contribution is 2.38. The molecular weight excluding hydrogens is 411 g/mol. The van der Waals surface area contributed by atoms with E-state index in [1.807, 2.05) is 0 Å². The summed E-state index contributed by atoms with van der Waals surface area (Å²) < 4.78 is 19.7. The molecule has 1 fully saturated rings. The van der Waals surface area contributed by atoms with Gasteiger partial charge in [-0.1, -0.05) is 17.4 Å². The van der Waals surface area contributed by atoms with Crippen molar-refractivity contribution in [3.05, 3.63) is 33.4 Å². The molecule has 25 heavy (non-hydrogen) atoms. The van der Waals surface area contributed by atoms with Gasteiger partial charge in [0.1, 0.15) is 18.0 Å². The average Bonchev–Trinajstić information content (AvgIpc) is 2.96. The van der Waals surface area contributed by atoms with E-state index in [1.54, 1.807) is 12.1 Å². The monoisotopic (exact) mass is 424 g/mol. The number of thiazole rings is 1. The quantitative estimate of drug-likeness (QED) is 0.811. The van der Waals surface area contributed by atoms with Crippen molar-refractivity contribution < 1.29 is 13.9 Å². The Morgan fingerprint density at radius 2 is 2.20 bits per heavy atom. The molecule has 0 saturated carbocycles. The van der Waals surface area contributed by atoms with Gasteiger partial charge in [0.05, 0.1) is 15.0 Å². The Kier molecular flexibility index (Phi) is 5.20. The minimum Gasteiger partial charge on any atom is -0.446 e. The SMILES string of the molecule is N#Cc1ccc(-c2nc(N3CCC(OC(N)=O)CC3)sc2Br)cc1F. The number of carbonyl (C=O) groups is 1. The Morgan fingerprint density at radius 3 is 2.80 bits per heavy atom. The lowest BCUT2D eigenvalue weighted by Gasteiger charge is -2.30. The number of benzene rings is 1. The summed E-state index contributed by atoms with van der Waals surface area (Å²) in [5.74, 6) is -0.564. The predicted molar refractivity (Wildman–Crippen MR) is 95.8 cm³/mol. The van der Waals surface area contributed by atoms with Gasteiger partial charge in [0.15, 0.2) is 5.13 Å². The maximum absolute atomic E-state index is 13.9. The maximum atomic E-state index is 13.9. The summed E-state index contributed by atoms with van der Waals surface area (Å²) in [6, 6.07) is 6.25. The van der Waals surface area contributed by atoms with Crippen molar-refractivity contribution in [3.8, 4) is 17.3 Å². The summed E-state index contributed by atoms with van der Waals surface area (Å²) in [5, 5.41) is 9.64. The highest BCUT2D eigenvalue weighted by Gasteiger charge is 2.24. The Labute approximate surface area is 156 Å². The van der Waals surface area contributed by atoms with E-state index in [1.165, 1.54) is 23.5 Å². The van der Waals surface area contributed by atoms with Crippen LogP contribution in [0.1, 0.15) is 18.4 Å². The summed E-state index contributed by atoms with van der Waals surface area (Å²) in [5.41, 5.74) is 6.30. The van der Waals surface area contributed by atoms with Gasteiger partial charge in [0.25, 0.3) is 0 Å². The Hall–Kier alpha value is -2.18. The normalized spacial score (nSPS) is 15.0. The fraction of sp³-hybridized carbons (Fsp3) is 0.312. The van der Waals surface area contributed by atoms with Crippen LogP contribution in [0.25, 0.3) is 11.3 Å². The van der Waals surface area contributed by atoms with Crippen LogP contribution in [0.3, 0.4) is 0 Å². The predicted octanol–water partition coefficient (Wildman–Crippen LogP) is 3.65. The zero-order chi connectivity index (χ0) is 18.0. The minimum atomic E-state index is -0.749. The number of hydrogen-bond donors (Lipinski definition) is 1. The smallest absolute Gasteiger partial charge is 0.404 e. The number of ether oxygens (including phenoxy) is 1. The van der Waals surface area contributed by atoms with Crippen LogP contribution in [0.2, 0.25) is 0 Å². The fourth-order valence-electron chi connectivity index (χ4n) is 2.69. The summed E-state index contributed by atoms with van der Waals surface area (Å²) >= 11 is 4.94. The van der Waals surface area contributed by atoms with Crippen molar-refractivity contribution in [2.24, 2.45) is 5.73 Å². The molecule has 130 valence electrons. The summed E-state index contributed by atoms with van der Waals surface area (Å²) in [6.45, 7) is 1.39. The van der Waals surface area contributed by atoms with Crippen molar-refractivity contribution in [1.82, 2.24) is 4.98 Å². The second-order valence-corrected chi connectivity index (χ2v) is 7.84. The number of rotatable bonds is 3. The number of piperidine rings is 1. The van der Waals surface area contributed by atoms with Gasteiger partial charge in [-0.2, -0.15) is 5.26 Å². The largest absolute Gasteiger partial charge is 0.446 e. The molecule has 2 heterocycles. The minimum absolute atomic E-state index is 0.00634. The molecule has 2 N–H and O–H groups in total. The van der Waals surface area contributed by atoms with Gasteiger partial charge >= 0.3 is 6.09 Å². The van der Waals surface area contributed by atoms with Gasteiger partial charge in [-0.3, -0.25) is 0 Å². The van der Waals surface area contributed by atoms with E-state index in [2.05, 4.69) is 25.8 Å². The number of anilines is 1. The average molecular weight is 425 g/mol. The van der Waals surface area contributed by atoms with E-state index in [0.717, 1.165) is 8.92 Å². The number of primary amides is 1. The van der Waals surface area contributed by atoms with Crippen molar-refractivity contribution in [2.45, 2.75) is 18.9 Å². The molecule has 3 rings (SSSR count). The first-order valence-electron chi connectivity index (χ1n) is 7.55. The van der Waals surface area contributed by atoms with Gasteiger partial charge in [-0.15, -0.1) is 0 Å². The molecule has 0 aliphatic carbocycles. The van der Waals surface area contributed by atoms with Crippen LogP contribution >= 0.6 is 27.3 Å². The lowest BCUT2D eigenvalue weighted by atomic mass is 10.1. The third-order valence-corrected chi connectivity index (χ3v) is 5.70. The first-order chi connectivity index (χ1) is 12.0. The molecule has 1 aromatic heterocycles. The van der Waals surface area contributed by atoms with Crippen molar-refractivity contribution in [3.63, 3.8) is 0 Å². The van der Waals surface area contributed by atoms with Crippen LogP contribution in [-0.4, -0.2) is 30.3 Å². The molecule has 9 heteroatoms. The van der Waals surface area contributed by atoms with E-state index in [-0.39, 0.29) is 11.7 Å². The number of aromatic nitrogens is 1. The lowest BCUT2D eigenvalue weighted by molar-refractivity contribution is 0.0912. The van der Waals surface area contributed by atoms with Gasteiger partial charge < -0.3 is 15.4 Å². The van der Waals surface area contributed by atoms with Crippen LogP contribution in [0, 0.1) is 17.1 Å². The molecule has 1 amide bonds. The number of nitrogens with two attached hydrogens (primary N) is 1. The molecule has 6 nitrogen and oxygen atoms in total. The van der Waals surface area contributed by atoms with Crippen molar-refractivity contribution in [2.75, 3.05) is 18.0 Å². The van der Waals surface area contributed by atoms with E-state index < -0.39 is 11.9 Å². The molecule has 0 atom stereocenters. The zero-order valence-corrected chi connectivity index (χ0v) is 15.4. The Bertz CT molecular complexity index is 843. The van der Waals surface area contributed by atoms with E-state index >= 15 is 0 Å². The van der Waals surface area contributed by atoms with Crippen LogP contribution in [0.5, 0.6) is 0 Å². The summed E-state index contributed by atoms with van der Waals surface area (Å²) in [4.78, 5) is 17.5. The molecule has 2 aromatic rings. The molecule has 1 aromatic carbocycles. The third-order valence-electron chi connectivity index (χ3n) is 3.93.